The van der Waals surface area contributed by atoms with Crippen LogP contribution < -0.4 is 11.1 Å². The highest BCUT2D eigenvalue weighted by Crippen LogP contribution is 2.30. The Balaban J connectivity index is 1.83. The van der Waals surface area contributed by atoms with Crippen LogP contribution in [0.25, 0.3) is 11.0 Å². The third-order valence-corrected chi connectivity index (χ3v) is 6.75. The number of nitrogens with one attached hydrogen (secondary N) is 1. The predicted octanol–water partition coefficient (Wildman–Crippen LogP) is 1.83. The predicted molar refractivity (Wildman–Crippen MR) is 120 cm³/mol. The second kappa shape index (κ2) is 9.31. The molecule has 0 aliphatic carbocycles. The Bertz CT molecular complexity index is 1170. The molecule has 0 fully saturated rings. The minimum absolute atomic E-state index is 0.231. The molecule has 3 heterocycles. The fourth-order valence-electron chi connectivity index (χ4n) is 3.82. The van der Waals surface area contributed by atoms with Crippen molar-refractivity contribution in [1.29, 1.82) is 0 Å². The monoisotopic (exact) mass is 458 g/mol. The highest BCUT2D eigenvalue weighted by molar-refractivity contribution is 7.91. The van der Waals surface area contributed by atoms with Gasteiger partial charge in [-0.3, -0.25) is 19.6 Å². The lowest BCUT2D eigenvalue weighted by molar-refractivity contribution is 0.0995. The van der Waals surface area contributed by atoms with Gasteiger partial charge in [0, 0.05) is 37.7 Å². The Kier molecular flexibility index (Phi) is 6.49. The average Bonchev–Trinajstić information content (AvgIpc) is 3.30. The molecular formula is C21H26N6O4S. The summed E-state index contributed by atoms with van der Waals surface area (Å²) in [6.45, 7) is 5.84. The van der Waals surface area contributed by atoms with Gasteiger partial charge in [-0.25, -0.2) is 4.98 Å². The zero-order chi connectivity index (χ0) is 22.8. The summed E-state index contributed by atoms with van der Waals surface area (Å²) in [5.74, 6) is -0.271. The number of rotatable bonds is 4. The number of anilines is 1. The fraction of sp³-hybridized carbons (Fsp3) is 0.429. The summed E-state index contributed by atoms with van der Waals surface area (Å²) < 4.78 is 22.2. The summed E-state index contributed by atoms with van der Waals surface area (Å²) >= 11 is -1.38. The number of hydrogen-bond donors (Lipinski definition) is 2. The fourth-order valence-corrected chi connectivity index (χ4v) is 5.11. The van der Waals surface area contributed by atoms with Crippen LogP contribution in [0.15, 0.2) is 23.1 Å². The Hall–Kier alpha value is -2.89. The highest BCUT2D eigenvalue weighted by atomic mass is 32.2. The number of benzene rings is 1. The van der Waals surface area contributed by atoms with E-state index in [1.165, 1.54) is 0 Å². The van der Waals surface area contributed by atoms with E-state index in [0.29, 0.717) is 72.5 Å². The smallest absolute Gasteiger partial charge is 0.276 e. The van der Waals surface area contributed by atoms with Gasteiger partial charge in [-0.15, -0.1) is 0 Å². The number of carbonyl (C=O) groups is 2. The molecular weight excluding hydrogens is 432 g/mol. The van der Waals surface area contributed by atoms with Gasteiger partial charge < -0.3 is 19.6 Å². The van der Waals surface area contributed by atoms with E-state index in [1.54, 1.807) is 22.9 Å². The van der Waals surface area contributed by atoms with Gasteiger partial charge in [0.1, 0.15) is 17.0 Å². The zero-order valence-corrected chi connectivity index (χ0v) is 18.9. The quantitative estimate of drug-likeness (QED) is 0.572. The Morgan fingerprint density at radius 2 is 2.06 bits per heavy atom. The van der Waals surface area contributed by atoms with Crippen LogP contribution in [-0.2, 0) is 29.0 Å². The van der Waals surface area contributed by atoms with E-state index in [0.717, 1.165) is 5.69 Å². The van der Waals surface area contributed by atoms with Crippen molar-refractivity contribution in [2.24, 2.45) is 5.73 Å². The highest BCUT2D eigenvalue weighted by Gasteiger charge is 2.26. The van der Waals surface area contributed by atoms with Gasteiger partial charge in [0.15, 0.2) is 4.90 Å². The van der Waals surface area contributed by atoms with Gasteiger partial charge in [-0.1, -0.05) is 0 Å². The second-order valence-electron chi connectivity index (χ2n) is 7.60. The molecule has 1 unspecified atom stereocenters. The molecule has 2 amide bonds. The minimum atomic E-state index is -1.38. The van der Waals surface area contributed by atoms with Crippen molar-refractivity contribution in [2.75, 3.05) is 24.3 Å². The summed E-state index contributed by atoms with van der Waals surface area (Å²) in [5.41, 5.74) is 7.99. The van der Waals surface area contributed by atoms with Crippen molar-refractivity contribution in [1.82, 2.24) is 19.3 Å². The first-order chi connectivity index (χ1) is 15.4. The summed E-state index contributed by atoms with van der Waals surface area (Å²) in [7, 11) is 0. The topological polar surface area (TPSA) is 140 Å². The van der Waals surface area contributed by atoms with Gasteiger partial charge in [0.25, 0.3) is 5.91 Å². The Morgan fingerprint density at radius 1 is 1.28 bits per heavy atom. The number of primary amides is 1. The molecule has 3 aromatic rings. The molecule has 0 radical (unpaired) electrons. The molecule has 0 spiro atoms. The van der Waals surface area contributed by atoms with Crippen LogP contribution in [-0.4, -0.2) is 54.7 Å². The van der Waals surface area contributed by atoms with Crippen LogP contribution >= 0.6 is 0 Å². The first-order valence-corrected chi connectivity index (χ1v) is 11.9. The van der Waals surface area contributed by atoms with Crippen molar-refractivity contribution in [3.63, 3.8) is 0 Å². The maximum atomic E-state index is 13.1. The Labute approximate surface area is 188 Å². The first-order valence-electron chi connectivity index (χ1n) is 10.5. The van der Waals surface area contributed by atoms with Gasteiger partial charge >= 0.3 is 0 Å². The van der Waals surface area contributed by atoms with Crippen LogP contribution in [0.3, 0.4) is 0 Å². The molecule has 1 aliphatic rings. The van der Waals surface area contributed by atoms with Crippen LogP contribution in [0.5, 0.6) is 0 Å². The van der Waals surface area contributed by atoms with E-state index >= 15 is 0 Å². The number of nitrogens with zero attached hydrogens (tertiary/aromatic N) is 4. The molecule has 1 aromatic carbocycles. The standard InChI is InChI=1S/C21H26N6O4S/c1-3-27-16(10-13(2)25-27)20(29)24-21-23-15-11-14(19(22)28)12-17-18(15)26(21)6-4-7-31-8-5-9-32(17)30/h10-12H,3-9H2,1-2H3,(H2,22,28)(H,23,24,29). The van der Waals surface area contributed by atoms with Gasteiger partial charge in [0.2, 0.25) is 11.9 Å². The maximum Gasteiger partial charge on any atom is 0.276 e. The summed E-state index contributed by atoms with van der Waals surface area (Å²) in [5, 5.41) is 7.20. The molecule has 1 atom stereocenters. The van der Waals surface area contributed by atoms with E-state index < -0.39 is 17.1 Å². The van der Waals surface area contributed by atoms with E-state index in [-0.39, 0.29) is 11.5 Å². The summed E-state index contributed by atoms with van der Waals surface area (Å²) in [6.07, 6.45) is 1.32. The van der Waals surface area contributed by atoms with Crippen molar-refractivity contribution in [2.45, 2.75) is 44.7 Å². The second-order valence-corrected chi connectivity index (χ2v) is 9.14. The van der Waals surface area contributed by atoms with Gasteiger partial charge in [-0.05, 0) is 43.6 Å². The number of aryl methyl sites for hydroxylation is 3. The number of imidazole rings is 1. The van der Waals surface area contributed by atoms with E-state index in [4.69, 9.17) is 10.5 Å². The number of amides is 2. The van der Waals surface area contributed by atoms with Crippen molar-refractivity contribution < 1.29 is 18.9 Å². The zero-order valence-electron chi connectivity index (χ0n) is 18.1. The van der Waals surface area contributed by atoms with E-state index in [2.05, 4.69) is 15.4 Å². The van der Waals surface area contributed by atoms with Crippen LogP contribution in [0.4, 0.5) is 5.95 Å². The molecule has 3 N–H and O–H groups in total. The molecule has 1 aliphatic heterocycles. The van der Waals surface area contributed by atoms with E-state index in [1.807, 2.05) is 18.4 Å². The number of nitrogens with two attached hydrogens (primary N) is 1. The molecule has 4 rings (SSSR count). The average molecular weight is 459 g/mol. The molecule has 2 aromatic heterocycles. The SMILES string of the molecule is CCn1nc(C)cc1C(=O)Nc1nc2cc(C(N)=O)cc3c2n1CCCOCCC[S+]3[O-]. The van der Waals surface area contributed by atoms with Gasteiger partial charge in [0.05, 0.1) is 17.8 Å². The van der Waals surface area contributed by atoms with Crippen LogP contribution in [0, 0.1) is 6.92 Å². The summed E-state index contributed by atoms with van der Waals surface area (Å²) in [6, 6.07) is 4.85. The molecule has 0 saturated heterocycles. The molecule has 0 saturated carbocycles. The number of ether oxygens (including phenoxy) is 1. The van der Waals surface area contributed by atoms with E-state index in [9.17, 15) is 14.1 Å². The number of hydrogen-bond acceptors (Lipinski definition) is 6. The van der Waals surface area contributed by atoms with Crippen molar-refractivity contribution in [3.8, 4) is 0 Å². The molecule has 32 heavy (non-hydrogen) atoms. The molecule has 10 nitrogen and oxygen atoms in total. The Morgan fingerprint density at radius 3 is 2.81 bits per heavy atom. The number of carbonyl (C=O) groups excluding carboxylic acids is 2. The largest absolute Gasteiger partial charge is 0.611 e. The maximum absolute atomic E-state index is 13.1. The normalized spacial score (nSPS) is 17.2. The van der Waals surface area contributed by atoms with Gasteiger partial charge in [-0.2, -0.15) is 5.10 Å². The third-order valence-electron chi connectivity index (χ3n) is 5.29. The lowest BCUT2D eigenvalue weighted by atomic mass is 10.2. The van der Waals surface area contributed by atoms with Crippen molar-refractivity contribution >= 4 is 40.0 Å². The lowest BCUT2D eigenvalue weighted by Gasteiger charge is -2.14. The lowest BCUT2D eigenvalue weighted by Crippen LogP contribution is -2.20. The molecule has 170 valence electrons. The minimum Gasteiger partial charge on any atom is -0.611 e. The number of aromatic nitrogens is 4. The molecule has 11 heteroatoms. The van der Waals surface area contributed by atoms with Crippen LogP contribution in [0.2, 0.25) is 0 Å². The third kappa shape index (κ3) is 4.36. The van der Waals surface area contributed by atoms with Crippen molar-refractivity contribution in [3.05, 3.63) is 35.2 Å². The summed E-state index contributed by atoms with van der Waals surface area (Å²) in [4.78, 5) is 30.0. The van der Waals surface area contributed by atoms with Crippen LogP contribution in [0.1, 0.15) is 46.3 Å². The molecule has 0 bridgehead atoms. The first kappa shape index (κ1) is 22.3.